The van der Waals surface area contributed by atoms with E-state index in [1.807, 2.05) is 0 Å². The van der Waals surface area contributed by atoms with Gasteiger partial charge in [0.1, 0.15) is 11.6 Å². The Kier molecular flexibility index (Phi) is 5.59. The first-order valence-corrected chi connectivity index (χ1v) is 5.85. The van der Waals surface area contributed by atoms with Crippen molar-refractivity contribution in [2.45, 2.75) is 26.2 Å². The standard InChI is InChI=1S/C12H15N3O4/c1-9(16)4-5-10(17)6-8-14-12-11(15(18)19)3-2-7-13-12/h2-3,7H,4-6,8H2,1H3,(H,13,14). The van der Waals surface area contributed by atoms with Crippen LogP contribution in [0.25, 0.3) is 0 Å². The van der Waals surface area contributed by atoms with Crippen molar-refractivity contribution in [3.8, 4) is 0 Å². The fourth-order valence-electron chi connectivity index (χ4n) is 1.44. The summed E-state index contributed by atoms with van der Waals surface area (Å²) in [6, 6.07) is 2.81. The molecule has 7 heteroatoms. The molecular weight excluding hydrogens is 250 g/mol. The first-order valence-electron chi connectivity index (χ1n) is 5.85. The molecule has 0 aliphatic carbocycles. The van der Waals surface area contributed by atoms with Gasteiger partial charge in [0.2, 0.25) is 5.82 Å². The molecule has 1 N–H and O–H groups in total. The summed E-state index contributed by atoms with van der Waals surface area (Å²) in [5.74, 6) is 0.0647. The summed E-state index contributed by atoms with van der Waals surface area (Å²) < 4.78 is 0. The molecule has 0 saturated heterocycles. The molecule has 0 spiro atoms. The van der Waals surface area contributed by atoms with Gasteiger partial charge in [0, 0.05) is 38.1 Å². The maximum absolute atomic E-state index is 11.4. The van der Waals surface area contributed by atoms with Gasteiger partial charge in [-0.25, -0.2) is 4.98 Å². The molecule has 1 aromatic heterocycles. The van der Waals surface area contributed by atoms with E-state index in [1.54, 1.807) is 0 Å². The third kappa shape index (κ3) is 5.24. The minimum Gasteiger partial charge on any atom is -0.364 e. The number of anilines is 1. The summed E-state index contributed by atoms with van der Waals surface area (Å²) in [6.45, 7) is 1.69. The van der Waals surface area contributed by atoms with Crippen LogP contribution in [0.2, 0.25) is 0 Å². The Hall–Kier alpha value is -2.31. The molecule has 1 heterocycles. The molecule has 0 aromatic carbocycles. The van der Waals surface area contributed by atoms with E-state index >= 15 is 0 Å². The number of nitrogens with zero attached hydrogens (tertiary/aromatic N) is 2. The third-order valence-corrected chi connectivity index (χ3v) is 2.44. The lowest BCUT2D eigenvalue weighted by Gasteiger charge is -2.05. The number of pyridine rings is 1. The number of carbonyl (C=O) groups is 2. The SMILES string of the molecule is CC(=O)CCC(=O)CCNc1ncccc1[N+](=O)[O-]. The Bertz CT molecular complexity index is 488. The average Bonchev–Trinajstić information content (AvgIpc) is 2.36. The minimum atomic E-state index is -0.535. The van der Waals surface area contributed by atoms with E-state index in [4.69, 9.17) is 0 Å². The normalized spacial score (nSPS) is 9.95. The lowest BCUT2D eigenvalue weighted by atomic mass is 10.1. The summed E-state index contributed by atoms with van der Waals surface area (Å²) in [7, 11) is 0. The van der Waals surface area contributed by atoms with E-state index in [9.17, 15) is 19.7 Å². The number of hydrogen-bond acceptors (Lipinski definition) is 6. The Balaban J connectivity index is 2.43. The van der Waals surface area contributed by atoms with Crippen LogP contribution in [0.3, 0.4) is 0 Å². The highest BCUT2D eigenvalue weighted by molar-refractivity contribution is 5.85. The van der Waals surface area contributed by atoms with Crippen LogP contribution in [0.15, 0.2) is 18.3 Å². The molecule has 1 aromatic rings. The van der Waals surface area contributed by atoms with E-state index < -0.39 is 4.92 Å². The molecule has 0 aliphatic rings. The smallest absolute Gasteiger partial charge is 0.311 e. The largest absolute Gasteiger partial charge is 0.364 e. The molecule has 0 atom stereocenters. The van der Waals surface area contributed by atoms with Crippen molar-refractivity contribution in [1.82, 2.24) is 4.98 Å². The van der Waals surface area contributed by atoms with E-state index in [0.717, 1.165) is 0 Å². The fourth-order valence-corrected chi connectivity index (χ4v) is 1.44. The van der Waals surface area contributed by atoms with E-state index in [0.29, 0.717) is 0 Å². The number of nitro groups is 1. The zero-order valence-electron chi connectivity index (χ0n) is 10.6. The molecule has 0 radical (unpaired) electrons. The van der Waals surface area contributed by atoms with Gasteiger partial charge in [0.15, 0.2) is 0 Å². The van der Waals surface area contributed by atoms with Crippen molar-refractivity contribution in [2.75, 3.05) is 11.9 Å². The number of hydrogen-bond donors (Lipinski definition) is 1. The second-order valence-electron chi connectivity index (χ2n) is 4.05. The lowest BCUT2D eigenvalue weighted by Crippen LogP contribution is -2.11. The van der Waals surface area contributed by atoms with Crippen LogP contribution in [0.5, 0.6) is 0 Å². The molecule has 0 unspecified atom stereocenters. The van der Waals surface area contributed by atoms with Gasteiger partial charge in [-0.3, -0.25) is 14.9 Å². The summed E-state index contributed by atoms with van der Waals surface area (Å²) >= 11 is 0. The molecule has 7 nitrogen and oxygen atoms in total. The Morgan fingerprint density at radius 2 is 2.11 bits per heavy atom. The predicted molar refractivity (Wildman–Crippen MR) is 68.9 cm³/mol. The van der Waals surface area contributed by atoms with Crippen LogP contribution in [0.4, 0.5) is 11.5 Å². The predicted octanol–water partition coefficient (Wildman–Crippen LogP) is 1.73. The van der Waals surface area contributed by atoms with Crippen LogP contribution in [0.1, 0.15) is 26.2 Å². The van der Waals surface area contributed by atoms with Gasteiger partial charge in [0.05, 0.1) is 4.92 Å². The van der Waals surface area contributed by atoms with Gasteiger partial charge in [0.25, 0.3) is 0 Å². The topological polar surface area (TPSA) is 102 Å². The van der Waals surface area contributed by atoms with Crippen LogP contribution in [-0.2, 0) is 9.59 Å². The van der Waals surface area contributed by atoms with Crippen molar-refractivity contribution in [2.24, 2.45) is 0 Å². The highest BCUT2D eigenvalue weighted by atomic mass is 16.6. The maximum atomic E-state index is 11.4. The quantitative estimate of drug-likeness (QED) is 0.567. The molecule has 102 valence electrons. The third-order valence-electron chi connectivity index (χ3n) is 2.44. The van der Waals surface area contributed by atoms with E-state index in [1.165, 1.54) is 25.3 Å². The minimum absolute atomic E-state index is 0.0262. The molecule has 19 heavy (non-hydrogen) atoms. The number of ketones is 2. The zero-order valence-corrected chi connectivity index (χ0v) is 10.6. The van der Waals surface area contributed by atoms with Crippen molar-refractivity contribution in [1.29, 1.82) is 0 Å². The highest BCUT2D eigenvalue weighted by Crippen LogP contribution is 2.19. The van der Waals surface area contributed by atoms with Crippen LogP contribution in [0, 0.1) is 10.1 Å². The van der Waals surface area contributed by atoms with Crippen molar-refractivity contribution in [3.63, 3.8) is 0 Å². The molecule has 0 saturated carbocycles. The second-order valence-corrected chi connectivity index (χ2v) is 4.05. The Morgan fingerprint density at radius 3 is 2.74 bits per heavy atom. The van der Waals surface area contributed by atoms with Crippen LogP contribution >= 0.6 is 0 Å². The average molecular weight is 265 g/mol. The van der Waals surface area contributed by atoms with Crippen molar-refractivity contribution < 1.29 is 14.5 Å². The summed E-state index contributed by atoms with van der Waals surface area (Å²) in [5, 5.41) is 13.5. The second kappa shape index (κ2) is 7.20. The highest BCUT2D eigenvalue weighted by Gasteiger charge is 2.13. The maximum Gasteiger partial charge on any atom is 0.311 e. The van der Waals surface area contributed by atoms with Gasteiger partial charge in [-0.05, 0) is 13.0 Å². The number of nitrogens with one attached hydrogen (secondary N) is 1. The molecule has 0 fully saturated rings. The van der Waals surface area contributed by atoms with Gasteiger partial charge >= 0.3 is 5.69 Å². The number of Topliss-reactive ketones (excluding diaryl/α,β-unsaturated/α-hetero) is 2. The summed E-state index contributed by atoms with van der Waals surface area (Å²) in [6.07, 6.45) is 2.10. The van der Waals surface area contributed by atoms with E-state index in [-0.39, 0.29) is 48.9 Å². The van der Waals surface area contributed by atoms with Crippen LogP contribution in [-0.4, -0.2) is 28.0 Å². The van der Waals surface area contributed by atoms with Crippen molar-refractivity contribution in [3.05, 3.63) is 28.4 Å². The molecule has 0 amide bonds. The van der Waals surface area contributed by atoms with Crippen molar-refractivity contribution >= 4 is 23.1 Å². The monoisotopic (exact) mass is 265 g/mol. The Labute approximate surface area is 110 Å². The molecule has 0 bridgehead atoms. The van der Waals surface area contributed by atoms with Gasteiger partial charge in [-0.15, -0.1) is 0 Å². The molecule has 0 aliphatic heterocycles. The molecule has 1 rings (SSSR count). The summed E-state index contributed by atoms with van der Waals surface area (Å²) in [5.41, 5.74) is -0.126. The lowest BCUT2D eigenvalue weighted by molar-refractivity contribution is -0.384. The fraction of sp³-hybridized carbons (Fsp3) is 0.417. The van der Waals surface area contributed by atoms with Gasteiger partial charge in [-0.1, -0.05) is 0 Å². The first kappa shape index (κ1) is 14.7. The van der Waals surface area contributed by atoms with Gasteiger partial charge < -0.3 is 10.1 Å². The number of carbonyl (C=O) groups excluding carboxylic acids is 2. The summed E-state index contributed by atoms with van der Waals surface area (Å²) in [4.78, 5) is 36.2. The molecular formula is C12H15N3O4. The van der Waals surface area contributed by atoms with E-state index in [2.05, 4.69) is 10.3 Å². The number of aromatic nitrogens is 1. The first-order chi connectivity index (χ1) is 9.00. The Morgan fingerprint density at radius 1 is 1.37 bits per heavy atom. The zero-order chi connectivity index (χ0) is 14.3. The number of rotatable bonds is 8. The van der Waals surface area contributed by atoms with Gasteiger partial charge in [-0.2, -0.15) is 0 Å². The van der Waals surface area contributed by atoms with Crippen LogP contribution < -0.4 is 5.32 Å².